The van der Waals surface area contributed by atoms with E-state index in [1.54, 1.807) is 0 Å². The summed E-state index contributed by atoms with van der Waals surface area (Å²) < 4.78 is 11.3. The van der Waals surface area contributed by atoms with E-state index < -0.39 is 12.0 Å². The second kappa shape index (κ2) is 8.31. The second-order valence-corrected chi connectivity index (χ2v) is 6.47. The average Bonchev–Trinajstić information content (AvgIpc) is 3.11. The molecule has 0 radical (unpaired) electrons. The number of carbonyl (C=O) groups excluding carboxylic acids is 1. The van der Waals surface area contributed by atoms with Crippen molar-refractivity contribution in [2.24, 2.45) is 0 Å². The summed E-state index contributed by atoms with van der Waals surface area (Å²) in [6.07, 6.45) is 2.13. The first kappa shape index (κ1) is 17.7. The van der Waals surface area contributed by atoms with Gasteiger partial charge in [0.05, 0.1) is 12.5 Å². The predicted molar refractivity (Wildman–Crippen MR) is 90.4 cm³/mol. The summed E-state index contributed by atoms with van der Waals surface area (Å²) in [5.74, 6) is -0.396. The summed E-state index contributed by atoms with van der Waals surface area (Å²) in [5, 5.41) is 11.7. The average molecular weight is 348 g/mol. The van der Waals surface area contributed by atoms with Gasteiger partial charge in [-0.2, -0.15) is 0 Å². The molecule has 2 unspecified atom stereocenters. The zero-order valence-corrected chi connectivity index (χ0v) is 14.1. The number of carboxylic acid groups (broad SMARTS) is 1. The SMILES string of the molecule is O=C(O)CC1C(=O)NCCN1Cc1ccc(OCC2CCCO2)cc1. The van der Waals surface area contributed by atoms with E-state index in [-0.39, 0.29) is 18.4 Å². The molecule has 25 heavy (non-hydrogen) atoms. The quantitative estimate of drug-likeness (QED) is 0.765. The monoisotopic (exact) mass is 348 g/mol. The molecule has 0 spiro atoms. The van der Waals surface area contributed by atoms with Crippen molar-refractivity contribution < 1.29 is 24.2 Å². The lowest BCUT2D eigenvalue weighted by Gasteiger charge is -2.34. The minimum atomic E-state index is -0.968. The van der Waals surface area contributed by atoms with Crippen LogP contribution in [0, 0.1) is 0 Å². The molecule has 2 aliphatic heterocycles. The summed E-state index contributed by atoms with van der Waals surface area (Å²) in [6, 6.07) is 7.09. The molecule has 0 aromatic heterocycles. The minimum Gasteiger partial charge on any atom is -0.491 e. The highest BCUT2D eigenvalue weighted by atomic mass is 16.5. The Kier molecular flexibility index (Phi) is 5.88. The number of aliphatic carboxylic acids is 1. The predicted octanol–water partition coefficient (Wildman–Crippen LogP) is 1.02. The highest BCUT2D eigenvalue weighted by Crippen LogP contribution is 2.19. The lowest BCUT2D eigenvalue weighted by atomic mass is 10.1. The van der Waals surface area contributed by atoms with Gasteiger partial charge in [0, 0.05) is 26.2 Å². The number of amides is 1. The molecule has 136 valence electrons. The van der Waals surface area contributed by atoms with Crippen molar-refractivity contribution in [1.29, 1.82) is 0 Å². The maximum Gasteiger partial charge on any atom is 0.305 e. The Morgan fingerprint density at radius 2 is 2.16 bits per heavy atom. The first-order chi connectivity index (χ1) is 12.1. The molecule has 1 aromatic carbocycles. The maximum absolute atomic E-state index is 11.9. The third-order valence-electron chi connectivity index (χ3n) is 4.58. The largest absolute Gasteiger partial charge is 0.491 e. The van der Waals surface area contributed by atoms with Crippen molar-refractivity contribution in [3.05, 3.63) is 29.8 Å². The van der Waals surface area contributed by atoms with Crippen LogP contribution in [0.4, 0.5) is 0 Å². The lowest BCUT2D eigenvalue weighted by molar-refractivity contribution is -0.143. The van der Waals surface area contributed by atoms with Crippen LogP contribution in [0.15, 0.2) is 24.3 Å². The molecule has 0 bridgehead atoms. The van der Waals surface area contributed by atoms with Crippen LogP contribution >= 0.6 is 0 Å². The van der Waals surface area contributed by atoms with Crippen molar-refractivity contribution >= 4 is 11.9 Å². The van der Waals surface area contributed by atoms with E-state index in [0.29, 0.717) is 26.2 Å². The summed E-state index contributed by atoms with van der Waals surface area (Å²) in [7, 11) is 0. The Morgan fingerprint density at radius 1 is 1.36 bits per heavy atom. The number of hydrogen-bond donors (Lipinski definition) is 2. The Hall–Kier alpha value is -2.12. The number of rotatable bonds is 7. The molecule has 1 amide bonds. The Labute approximate surface area is 146 Å². The van der Waals surface area contributed by atoms with E-state index in [1.165, 1.54) is 0 Å². The van der Waals surface area contributed by atoms with Gasteiger partial charge in [-0.05, 0) is 30.5 Å². The van der Waals surface area contributed by atoms with Crippen LogP contribution in [-0.2, 0) is 20.9 Å². The Balaban J connectivity index is 1.55. The van der Waals surface area contributed by atoms with Gasteiger partial charge in [0.2, 0.25) is 5.91 Å². The molecule has 0 saturated carbocycles. The molecule has 1 aromatic rings. The van der Waals surface area contributed by atoms with Crippen molar-refractivity contribution in [2.45, 2.75) is 38.0 Å². The zero-order chi connectivity index (χ0) is 17.6. The summed E-state index contributed by atoms with van der Waals surface area (Å²) in [5.41, 5.74) is 1.02. The van der Waals surface area contributed by atoms with E-state index in [0.717, 1.165) is 30.8 Å². The van der Waals surface area contributed by atoms with Gasteiger partial charge in [0.15, 0.2) is 0 Å². The normalized spacial score (nSPS) is 24.1. The number of nitrogens with zero attached hydrogens (tertiary/aromatic N) is 1. The second-order valence-electron chi connectivity index (χ2n) is 6.47. The highest BCUT2D eigenvalue weighted by Gasteiger charge is 2.31. The van der Waals surface area contributed by atoms with Gasteiger partial charge < -0.3 is 19.9 Å². The summed E-state index contributed by atoms with van der Waals surface area (Å²) in [6.45, 7) is 3.09. The standard InChI is InChI=1S/C18H24N2O5/c21-17(22)10-16-18(23)19-7-8-20(16)11-13-3-5-14(6-4-13)25-12-15-2-1-9-24-15/h3-6,15-16H,1-2,7-12H2,(H,19,23)(H,21,22). The van der Waals surface area contributed by atoms with Gasteiger partial charge >= 0.3 is 5.97 Å². The third kappa shape index (κ3) is 4.93. The Bertz CT molecular complexity index is 598. The van der Waals surface area contributed by atoms with E-state index in [9.17, 15) is 9.59 Å². The highest BCUT2D eigenvalue weighted by molar-refractivity contribution is 5.86. The molecule has 2 N–H and O–H groups in total. The number of ether oxygens (including phenoxy) is 2. The lowest BCUT2D eigenvalue weighted by Crippen LogP contribution is -2.55. The molecule has 0 aliphatic carbocycles. The molecule has 2 atom stereocenters. The molecule has 2 saturated heterocycles. The first-order valence-corrected chi connectivity index (χ1v) is 8.69. The molecule has 7 heteroatoms. The summed E-state index contributed by atoms with van der Waals surface area (Å²) >= 11 is 0. The molecule has 2 heterocycles. The van der Waals surface area contributed by atoms with Crippen molar-refractivity contribution in [3.8, 4) is 5.75 Å². The van der Waals surface area contributed by atoms with Crippen LogP contribution in [-0.4, -0.2) is 60.3 Å². The number of carboxylic acids is 1. The van der Waals surface area contributed by atoms with E-state index in [2.05, 4.69) is 5.32 Å². The van der Waals surface area contributed by atoms with E-state index >= 15 is 0 Å². The van der Waals surface area contributed by atoms with Crippen LogP contribution in [0.1, 0.15) is 24.8 Å². The van der Waals surface area contributed by atoms with E-state index in [1.807, 2.05) is 29.2 Å². The van der Waals surface area contributed by atoms with Crippen molar-refractivity contribution in [2.75, 3.05) is 26.3 Å². The molecule has 7 nitrogen and oxygen atoms in total. The molecule has 2 aliphatic rings. The van der Waals surface area contributed by atoms with Gasteiger partial charge in [0.1, 0.15) is 18.4 Å². The Morgan fingerprint density at radius 3 is 2.84 bits per heavy atom. The number of piperazine rings is 1. The molecule has 2 fully saturated rings. The smallest absolute Gasteiger partial charge is 0.305 e. The van der Waals surface area contributed by atoms with E-state index in [4.69, 9.17) is 14.6 Å². The van der Waals surface area contributed by atoms with Crippen LogP contribution in [0.25, 0.3) is 0 Å². The topological polar surface area (TPSA) is 88.1 Å². The van der Waals surface area contributed by atoms with Crippen molar-refractivity contribution in [3.63, 3.8) is 0 Å². The van der Waals surface area contributed by atoms with Gasteiger partial charge in [-0.15, -0.1) is 0 Å². The van der Waals surface area contributed by atoms with Gasteiger partial charge in [-0.1, -0.05) is 12.1 Å². The number of carbonyl (C=O) groups is 2. The fourth-order valence-corrected chi connectivity index (χ4v) is 3.23. The first-order valence-electron chi connectivity index (χ1n) is 8.69. The van der Waals surface area contributed by atoms with Crippen LogP contribution in [0.2, 0.25) is 0 Å². The number of hydrogen-bond acceptors (Lipinski definition) is 5. The van der Waals surface area contributed by atoms with Gasteiger partial charge in [-0.3, -0.25) is 14.5 Å². The molecular formula is C18H24N2O5. The van der Waals surface area contributed by atoms with Crippen LogP contribution in [0.3, 0.4) is 0 Å². The van der Waals surface area contributed by atoms with Crippen LogP contribution in [0.5, 0.6) is 5.75 Å². The van der Waals surface area contributed by atoms with Gasteiger partial charge in [0.25, 0.3) is 0 Å². The summed E-state index contributed by atoms with van der Waals surface area (Å²) in [4.78, 5) is 24.9. The zero-order valence-electron chi connectivity index (χ0n) is 14.1. The maximum atomic E-state index is 11.9. The molecule has 3 rings (SSSR count). The van der Waals surface area contributed by atoms with Gasteiger partial charge in [-0.25, -0.2) is 0 Å². The van der Waals surface area contributed by atoms with Crippen molar-refractivity contribution in [1.82, 2.24) is 10.2 Å². The molecular weight excluding hydrogens is 324 g/mol. The van der Waals surface area contributed by atoms with Crippen LogP contribution < -0.4 is 10.1 Å². The fourth-order valence-electron chi connectivity index (χ4n) is 3.23. The third-order valence-corrected chi connectivity index (χ3v) is 4.58. The minimum absolute atomic E-state index is 0.184. The number of nitrogens with one attached hydrogen (secondary N) is 1. The fraction of sp³-hybridized carbons (Fsp3) is 0.556. The number of benzene rings is 1.